The van der Waals surface area contributed by atoms with E-state index in [4.69, 9.17) is 0 Å². The molecular weight excluding hydrogens is 457 g/mol. The van der Waals surface area contributed by atoms with E-state index in [9.17, 15) is 35.5 Å². The van der Waals surface area contributed by atoms with E-state index < -0.39 is 29.3 Å². The van der Waals surface area contributed by atoms with E-state index in [1.807, 2.05) is 0 Å². The molecule has 0 aromatic heterocycles. The van der Waals surface area contributed by atoms with E-state index in [1.54, 1.807) is 4.90 Å². The fourth-order valence-corrected chi connectivity index (χ4v) is 4.47. The molecule has 0 aliphatic carbocycles. The number of carbonyl (C=O) groups excluding carboxylic acids is 1. The molecule has 0 saturated carbocycles. The standard InChI is InChI=1S/C22H19F7N2O2/c23-17-13-14(21(24,25)26)1-6-18(17)30-10-7-20(8-11-30)9-12-31(19(20)32)15-2-4-16(5-3-15)33-22(27,28)29/h1-6,13H,7-12H2. The molecule has 4 rings (SSSR count). The number of halogens is 7. The van der Waals surface area contributed by atoms with Crippen LogP contribution in [0.4, 0.5) is 42.1 Å². The zero-order valence-electron chi connectivity index (χ0n) is 17.1. The number of nitrogens with zero attached hydrogens (tertiary/aromatic N) is 2. The first-order valence-electron chi connectivity index (χ1n) is 10.2. The monoisotopic (exact) mass is 476 g/mol. The Bertz CT molecular complexity index is 1030. The summed E-state index contributed by atoms with van der Waals surface area (Å²) in [5.41, 5.74) is -1.26. The van der Waals surface area contributed by atoms with E-state index in [0.717, 1.165) is 24.3 Å². The van der Waals surface area contributed by atoms with Gasteiger partial charge in [0.1, 0.15) is 11.6 Å². The van der Waals surface area contributed by atoms with Gasteiger partial charge in [-0.15, -0.1) is 13.2 Å². The van der Waals surface area contributed by atoms with Crippen molar-refractivity contribution in [2.24, 2.45) is 5.41 Å². The number of piperidine rings is 1. The zero-order chi connectivity index (χ0) is 24.0. The van der Waals surface area contributed by atoms with Crippen LogP contribution < -0.4 is 14.5 Å². The van der Waals surface area contributed by atoms with Gasteiger partial charge in [0.25, 0.3) is 0 Å². The maximum Gasteiger partial charge on any atom is 0.573 e. The first-order chi connectivity index (χ1) is 15.4. The van der Waals surface area contributed by atoms with Crippen LogP contribution in [-0.2, 0) is 11.0 Å². The van der Waals surface area contributed by atoms with Crippen LogP contribution >= 0.6 is 0 Å². The average Bonchev–Trinajstić information content (AvgIpc) is 3.03. The minimum Gasteiger partial charge on any atom is -0.406 e. The summed E-state index contributed by atoms with van der Waals surface area (Å²) < 4.78 is 93.5. The predicted octanol–water partition coefficient (Wildman–Crippen LogP) is 5.77. The van der Waals surface area contributed by atoms with Crippen LogP contribution in [-0.4, -0.2) is 31.9 Å². The van der Waals surface area contributed by atoms with Gasteiger partial charge in [-0.25, -0.2) is 4.39 Å². The summed E-state index contributed by atoms with van der Waals surface area (Å²) in [4.78, 5) is 16.3. The molecule has 2 aromatic rings. The Morgan fingerprint density at radius 3 is 2.00 bits per heavy atom. The van der Waals surface area contributed by atoms with Gasteiger partial charge in [0.05, 0.1) is 16.7 Å². The predicted molar refractivity (Wildman–Crippen MR) is 105 cm³/mol. The minimum atomic E-state index is -4.81. The van der Waals surface area contributed by atoms with E-state index in [2.05, 4.69) is 4.74 Å². The van der Waals surface area contributed by atoms with Crippen LogP contribution in [0.15, 0.2) is 42.5 Å². The molecule has 2 saturated heterocycles. The topological polar surface area (TPSA) is 32.8 Å². The summed E-state index contributed by atoms with van der Waals surface area (Å²) in [5, 5.41) is 0. The van der Waals surface area contributed by atoms with E-state index in [0.29, 0.717) is 50.7 Å². The third-order valence-corrected chi connectivity index (χ3v) is 6.23. The van der Waals surface area contributed by atoms with E-state index in [1.165, 1.54) is 17.0 Å². The molecule has 2 aromatic carbocycles. The highest BCUT2D eigenvalue weighted by Gasteiger charge is 2.48. The number of anilines is 2. The number of amides is 1. The number of hydrogen-bond acceptors (Lipinski definition) is 3. The molecule has 2 aliphatic rings. The Labute approximate surface area is 184 Å². The number of benzene rings is 2. The van der Waals surface area contributed by atoms with Crippen molar-refractivity contribution in [1.82, 2.24) is 0 Å². The molecular formula is C22H19F7N2O2. The van der Waals surface area contributed by atoms with Crippen molar-refractivity contribution in [3.8, 4) is 5.75 Å². The summed E-state index contributed by atoms with van der Waals surface area (Å²) >= 11 is 0. The summed E-state index contributed by atoms with van der Waals surface area (Å²) in [6.45, 7) is 0.966. The Hall–Kier alpha value is -2.98. The number of carbonyl (C=O) groups is 1. The fourth-order valence-electron chi connectivity index (χ4n) is 4.47. The SMILES string of the molecule is O=C1N(c2ccc(OC(F)(F)F)cc2)CCC12CCN(c1ccc(C(F)(F)F)cc1F)CC2. The van der Waals surface area contributed by atoms with Crippen LogP contribution in [0.3, 0.4) is 0 Å². The largest absolute Gasteiger partial charge is 0.573 e. The second-order valence-corrected chi connectivity index (χ2v) is 8.18. The lowest BCUT2D eigenvalue weighted by molar-refractivity contribution is -0.274. The van der Waals surface area contributed by atoms with Crippen molar-refractivity contribution >= 4 is 17.3 Å². The third-order valence-electron chi connectivity index (χ3n) is 6.23. The maximum absolute atomic E-state index is 14.3. The van der Waals surface area contributed by atoms with Crippen LogP contribution in [0.25, 0.3) is 0 Å². The molecule has 2 heterocycles. The molecule has 2 aliphatic heterocycles. The number of alkyl halides is 6. The summed E-state index contributed by atoms with van der Waals surface area (Å²) in [5.74, 6) is -1.53. The Kier molecular flexibility index (Phi) is 5.69. The van der Waals surface area contributed by atoms with Crippen LogP contribution in [0.1, 0.15) is 24.8 Å². The second kappa shape index (κ2) is 8.11. The second-order valence-electron chi connectivity index (χ2n) is 8.18. The van der Waals surface area contributed by atoms with Gasteiger partial charge in [-0.2, -0.15) is 13.2 Å². The van der Waals surface area contributed by atoms with E-state index in [-0.39, 0.29) is 17.3 Å². The Morgan fingerprint density at radius 1 is 0.848 bits per heavy atom. The van der Waals surface area contributed by atoms with Crippen molar-refractivity contribution in [2.45, 2.75) is 31.8 Å². The van der Waals surface area contributed by atoms with E-state index >= 15 is 0 Å². The van der Waals surface area contributed by atoms with Gasteiger partial charge in [0.2, 0.25) is 5.91 Å². The van der Waals surface area contributed by atoms with Gasteiger partial charge in [-0.05, 0) is 61.7 Å². The molecule has 0 unspecified atom stereocenters. The molecule has 1 amide bonds. The first kappa shape index (κ1) is 23.2. The van der Waals surface area contributed by atoms with Gasteiger partial charge >= 0.3 is 12.5 Å². The normalized spacial score (nSPS) is 18.8. The molecule has 0 bridgehead atoms. The molecule has 0 N–H and O–H groups in total. The molecule has 33 heavy (non-hydrogen) atoms. The van der Waals surface area contributed by atoms with Crippen LogP contribution in [0.2, 0.25) is 0 Å². The summed E-state index contributed by atoms with van der Waals surface area (Å²) in [7, 11) is 0. The zero-order valence-corrected chi connectivity index (χ0v) is 17.1. The first-order valence-corrected chi connectivity index (χ1v) is 10.2. The molecule has 0 atom stereocenters. The number of rotatable bonds is 3. The Balaban J connectivity index is 1.43. The molecule has 1 spiro atoms. The third kappa shape index (κ3) is 4.72. The van der Waals surface area contributed by atoms with Gasteiger partial charge < -0.3 is 14.5 Å². The Morgan fingerprint density at radius 2 is 1.45 bits per heavy atom. The van der Waals surface area contributed by atoms with Crippen LogP contribution in [0.5, 0.6) is 5.75 Å². The lowest BCUT2D eigenvalue weighted by Gasteiger charge is -2.39. The summed E-state index contributed by atoms with van der Waals surface area (Å²) in [6, 6.07) is 7.43. The minimum absolute atomic E-state index is 0.0559. The van der Waals surface area contributed by atoms with Gasteiger partial charge in [0, 0.05) is 25.3 Å². The van der Waals surface area contributed by atoms with Gasteiger partial charge in [-0.3, -0.25) is 4.79 Å². The van der Waals surface area contributed by atoms with Crippen molar-refractivity contribution in [3.05, 3.63) is 53.8 Å². The lowest BCUT2D eigenvalue weighted by Crippen LogP contribution is -2.45. The maximum atomic E-state index is 14.3. The molecule has 2 fully saturated rings. The van der Waals surface area contributed by atoms with Gasteiger partial charge in [-0.1, -0.05) is 0 Å². The smallest absolute Gasteiger partial charge is 0.406 e. The summed E-state index contributed by atoms with van der Waals surface area (Å²) in [6.07, 6.45) is -8.15. The highest BCUT2D eigenvalue weighted by Crippen LogP contribution is 2.44. The quantitative estimate of drug-likeness (QED) is 0.528. The molecule has 11 heteroatoms. The van der Waals surface area contributed by atoms with Gasteiger partial charge in [0.15, 0.2) is 0 Å². The van der Waals surface area contributed by atoms with Crippen molar-refractivity contribution in [2.75, 3.05) is 29.4 Å². The molecule has 4 nitrogen and oxygen atoms in total. The lowest BCUT2D eigenvalue weighted by atomic mass is 9.77. The van der Waals surface area contributed by atoms with Crippen LogP contribution in [0, 0.1) is 11.2 Å². The molecule has 0 radical (unpaired) electrons. The number of hydrogen-bond donors (Lipinski definition) is 0. The highest BCUT2D eigenvalue weighted by molar-refractivity contribution is 6.00. The molecule has 178 valence electrons. The highest BCUT2D eigenvalue weighted by atomic mass is 19.4. The fraction of sp³-hybridized carbons (Fsp3) is 0.409. The van der Waals surface area contributed by atoms with Crippen molar-refractivity contribution in [3.63, 3.8) is 0 Å². The number of ether oxygens (including phenoxy) is 1. The average molecular weight is 476 g/mol. The van der Waals surface area contributed by atoms with Crippen molar-refractivity contribution in [1.29, 1.82) is 0 Å². The van der Waals surface area contributed by atoms with Crippen molar-refractivity contribution < 1.29 is 40.3 Å².